The lowest BCUT2D eigenvalue weighted by atomic mass is 9.88. The summed E-state index contributed by atoms with van der Waals surface area (Å²) in [5.41, 5.74) is -2.35. The van der Waals surface area contributed by atoms with Crippen molar-refractivity contribution in [2.75, 3.05) is 6.61 Å². The van der Waals surface area contributed by atoms with E-state index in [1.165, 1.54) is 19.1 Å². The van der Waals surface area contributed by atoms with E-state index in [9.17, 15) is 18.3 Å². The van der Waals surface area contributed by atoms with Crippen LogP contribution in [0.5, 0.6) is 5.75 Å². The van der Waals surface area contributed by atoms with E-state index in [2.05, 4.69) is 0 Å². The number of aliphatic hydroxyl groups is 1. The second-order valence-corrected chi connectivity index (χ2v) is 4.33. The van der Waals surface area contributed by atoms with E-state index < -0.39 is 18.2 Å². The first-order chi connectivity index (χ1) is 8.80. The molecule has 0 aliphatic heterocycles. The van der Waals surface area contributed by atoms with Crippen LogP contribution in [0.15, 0.2) is 18.2 Å². The van der Waals surface area contributed by atoms with Crippen molar-refractivity contribution in [3.05, 3.63) is 29.3 Å². The Kier molecular flexibility index (Phi) is 4.85. The number of benzene rings is 1. The van der Waals surface area contributed by atoms with Gasteiger partial charge in [-0.15, -0.1) is 0 Å². The van der Waals surface area contributed by atoms with Gasteiger partial charge in [-0.2, -0.15) is 13.2 Å². The Labute approximate surface area is 111 Å². The summed E-state index contributed by atoms with van der Waals surface area (Å²) in [6.07, 6.45) is -4.60. The molecule has 0 radical (unpaired) electrons. The van der Waals surface area contributed by atoms with Gasteiger partial charge in [0.25, 0.3) is 0 Å². The predicted octanol–water partition coefficient (Wildman–Crippen LogP) is 3.81. The lowest BCUT2D eigenvalue weighted by Gasteiger charge is -2.31. The number of ether oxygens (including phenoxy) is 1. The molecule has 1 N–H and O–H groups in total. The highest BCUT2D eigenvalue weighted by atomic mass is 19.4. The van der Waals surface area contributed by atoms with Crippen molar-refractivity contribution in [3.8, 4) is 5.75 Å². The number of halogens is 3. The molecule has 0 saturated carbocycles. The number of alkyl halides is 3. The molecule has 5 heteroatoms. The minimum Gasteiger partial charge on any atom is -0.493 e. The monoisotopic (exact) mass is 276 g/mol. The zero-order valence-electron chi connectivity index (χ0n) is 11.3. The zero-order chi connectivity index (χ0) is 14.7. The molecule has 0 saturated heterocycles. The molecular weight excluding hydrogens is 257 g/mol. The molecule has 2 nitrogen and oxygen atoms in total. The summed E-state index contributed by atoms with van der Waals surface area (Å²) in [5, 5.41) is 10.1. The molecule has 1 aromatic rings. The summed E-state index contributed by atoms with van der Waals surface area (Å²) in [6.45, 7) is 5.09. The van der Waals surface area contributed by atoms with Crippen molar-refractivity contribution in [2.24, 2.45) is 0 Å². The number of hydrogen-bond donors (Lipinski definition) is 1. The Morgan fingerprint density at radius 3 is 2.21 bits per heavy atom. The number of hydrogen-bond acceptors (Lipinski definition) is 2. The third kappa shape index (κ3) is 3.03. The van der Waals surface area contributed by atoms with Gasteiger partial charge in [-0.05, 0) is 37.5 Å². The molecule has 108 valence electrons. The molecule has 0 heterocycles. The maximum absolute atomic E-state index is 13.1. The fourth-order valence-corrected chi connectivity index (χ4v) is 1.95. The standard InChI is InChI=1S/C14H19F3O2/c1-4-10-7-8-12(19-6-3)11(9-10)13(18,5-2)14(15,16)17/h7-9,18H,4-6H2,1-3H3. The molecule has 0 aliphatic carbocycles. The summed E-state index contributed by atoms with van der Waals surface area (Å²) in [5.74, 6) is 0.0846. The normalized spacial score (nSPS) is 15.1. The van der Waals surface area contributed by atoms with E-state index in [1.807, 2.05) is 6.92 Å². The van der Waals surface area contributed by atoms with Crippen LogP contribution in [-0.4, -0.2) is 17.9 Å². The van der Waals surface area contributed by atoms with Crippen LogP contribution < -0.4 is 4.74 Å². The Bertz CT molecular complexity index is 429. The predicted molar refractivity (Wildman–Crippen MR) is 67.2 cm³/mol. The minimum atomic E-state index is -4.74. The zero-order valence-corrected chi connectivity index (χ0v) is 11.3. The van der Waals surface area contributed by atoms with Crippen molar-refractivity contribution >= 4 is 0 Å². The van der Waals surface area contributed by atoms with Crippen molar-refractivity contribution in [1.82, 2.24) is 0 Å². The van der Waals surface area contributed by atoms with Crippen LogP contribution in [0.4, 0.5) is 13.2 Å². The van der Waals surface area contributed by atoms with Crippen LogP contribution >= 0.6 is 0 Å². The van der Waals surface area contributed by atoms with E-state index in [4.69, 9.17) is 4.74 Å². The minimum absolute atomic E-state index is 0.0846. The summed E-state index contributed by atoms with van der Waals surface area (Å²) in [7, 11) is 0. The molecule has 0 amide bonds. The van der Waals surface area contributed by atoms with Gasteiger partial charge in [0, 0.05) is 5.56 Å². The molecule has 0 spiro atoms. The van der Waals surface area contributed by atoms with Gasteiger partial charge in [0.2, 0.25) is 0 Å². The molecule has 0 bridgehead atoms. The van der Waals surface area contributed by atoms with Crippen LogP contribution in [0.25, 0.3) is 0 Å². The van der Waals surface area contributed by atoms with E-state index in [1.54, 1.807) is 13.0 Å². The Hall–Kier alpha value is -1.23. The van der Waals surface area contributed by atoms with E-state index in [0.29, 0.717) is 6.42 Å². The van der Waals surface area contributed by atoms with Crippen molar-refractivity contribution in [2.45, 2.75) is 45.4 Å². The Balaban J connectivity index is 3.43. The quantitative estimate of drug-likeness (QED) is 0.886. The second-order valence-electron chi connectivity index (χ2n) is 4.33. The van der Waals surface area contributed by atoms with Gasteiger partial charge in [-0.3, -0.25) is 0 Å². The second kappa shape index (κ2) is 5.82. The summed E-state index contributed by atoms with van der Waals surface area (Å²) >= 11 is 0. The molecule has 1 atom stereocenters. The van der Waals surface area contributed by atoms with Gasteiger partial charge in [0.1, 0.15) is 5.75 Å². The first-order valence-corrected chi connectivity index (χ1v) is 6.35. The van der Waals surface area contributed by atoms with E-state index >= 15 is 0 Å². The molecule has 1 unspecified atom stereocenters. The van der Waals surface area contributed by atoms with Crippen LogP contribution in [0.2, 0.25) is 0 Å². The highest BCUT2D eigenvalue weighted by Crippen LogP contribution is 2.45. The Morgan fingerprint density at radius 2 is 1.79 bits per heavy atom. The summed E-state index contributed by atoms with van der Waals surface area (Å²) in [6, 6.07) is 4.58. The average molecular weight is 276 g/mol. The number of aryl methyl sites for hydroxylation is 1. The maximum atomic E-state index is 13.1. The molecule has 19 heavy (non-hydrogen) atoms. The van der Waals surface area contributed by atoms with Gasteiger partial charge in [0.05, 0.1) is 6.61 Å². The number of rotatable bonds is 5. The topological polar surface area (TPSA) is 29.5 Å². The largest absolute Gasteiger partial charge is 0.493 e. The SMILES string of the molecule is CCOc1ccc(CC)cc1C(O)(CC)C(F)(F)F. The fourth-order valence-electron chi connectivity index (χ4n) is 1.95. The third-order valence-corrected chi connectivity index (χ3v) is 3.18. The van der Waals surface area contributed by atoms with Crippen LogP contribution in [0.3, 0.4) is 0 Å². The van der Waals surface area contributed by atoms with Gasteiger partial charge in [-0.25, -0.2) is 0 Å². The molecule has 0 fully saturated rings. The lowest BCUT2D eigenvalue weighted by molar-refractivity contribution is -0.268. The van der Waals surface area contributed by atoms with Crippen molar-refractivity contribution < 1.29 is 23.0 Å². The molecule has 1 rings (SSSR count). The van der Waals surface area contributed by atoms with Gasteiger partial charge >= 0.3 is 6.18 Å². The summed E-state index contributed by atoms with van der Waals surface area (Å²) in [4.78, 5) is 0. The van der Waals surface area contributed by atoms with Gasteiger partial charge in [-0.1, -0.05) is 19.9 Å². The highest BCUT2D eigenvalue weighted by molar-refractivity contribution is 5.42. The van der Waals surface area contributed by atoms with Gasteiger partial charge < -0.3 is 9.84 Å². The average Bonchev–Trinajstić information content (AvgIpc) is 2.37. The summed E-state index contributed by atoms with van der Waals surface area (Å²) < 4.78 is 44.6. The fraction of sp³-hybridized carbons (Fsp3) is 0.571. The molecule has 0 aliphatic rings. The van der Waals surface area contributed by atoms with E-state index in [-0.39, 0.29) is 17.9 Å². The maximum Gasteiger partial charge on any atom is 0.421 e. The lowest BCUT2D eigenvalue weighted by Crippen LogP contribution is -2.42. The third-order valence-electron chi connectivity index (χ3n) is 3.18. The van der Waals surface area contributed by atoms with Crippen LogP contribution in [0.1, 0.15) is 38.3 Å². The van der Waals surface area contributed by atoms with Gasteiger partial charge in [0.15, 0.2) is 5.60 Å². The van der Waals surface area contributed by atoms with Crippen molar-refractivity contribution in [1.29, 1.82) is 0 Å². The van der Waals surface area contributed by atoms with E-state index in [0.717, 1.165) is 5.56 Å². The Morgan fingerprint density at radius 1 is 1.16 bits per heavy atom. The highest BCUT2D eigenvalue weighted by Gasteiger charge is 2.55. The van der Waals surface area contributed by atoms with Crippen molar-refractivity contribution in [3.63, 3.8) is 0 Å². The first kappa shape index (κ1) is 15.8. The smallest absolute Gasteiger partial charge is 0.421 e. The van der Waals surface area contributed by atoms with Crippen LogP contribution in [-0.2, 0) is 12.0 Å². The molecule has 1 aromatic carbocycles. The molecule has 0 aromatic heterocycles. The van der Waals surface area contributed by atoms with Crippen LogP contribution in [0, 0.1) is 0 Å². The first-order valence-electron chi connectivity index (χ1n) is 6.35. The molecular formula is C14H19F3O2.